The Balaban J connectivity index is 2.11. The topological polar surface area (TPSA) is 92.4 Å². The van der Waals surface area contributed by atoms with E-state index in [1.807, 2.05) is 13.0 Å². The Kier molecular flexibility index (Phi) is 4.80. The first kappa shape index (κ1) is 15.4. The van der Waals surface area contributed by atoms with Gasteiger partial charge in [0.2, 0.25) is 10.0 Å². The minimum absolute atomic E-state index is 0.0221. The number of primary sulfonamides is 1. The van der Waals surface area contributed by atoms with Crippen LogP contribution in [0.3, 0.4) is 0 Å². The number of aliphatic hydroxyl groups is 1. The van der Waals surface area contributed by atoms with Crippen LogP contribution in [0.15, 0.2) is 29.2 Å². The Morgan fingerprint density at radius 3 is 2.85 bits per heavy atom. The van der Waals surface area contributed by atoms with E-state index in [9.17, 15) is 13.5 Å². The summed E-state index contributed by atoms with van der Waals surface area (Å²) < 4.78 is 22.7. The molecule has 1 fully saturated rings. The highest BCUT2D eigenvalue weighted by atomic mass is 32.2. The van der Waals surface area contributed by atoms with Gasteiger partial charge >= 0.3 is 0 Å². The lowest BCUT2D eigenvalue weighted by Crippen LogP contribution is -2.35. The Morgan fingerprint density at radius 1 is 1.45 bits per heavy atom. The Hall–Kier alpha value is -0.950. The van der Waals surface area contributed by atoms with Crippen LogP contribution in [0.1, 0.15) is 37.8 Å². The van der Waals surface area contributed by atoms with Gasteiger partial charge < -0.3 is 10.4 Å². The SMILES string of the molecule is CC(NC1CCCC1CO)c1cccc(S(N)(=O)=O)c1. The van der Waals surface area contributed by atoms with E-state index in [0.29, 0.717) is 5.92 Å². The summed E-state index contributed by atoms with van der Waals surface area (Å²) in [5.74, 6) is 0.291. The van der Waals surface area contributed by atoms with E-state index in [4.69, 9.17) is 5.14 Å². The van der Waals surface area contributed by atoms with Gasteiger partial charge in [-0.1, -0.05) is 18.6 Å². The molecule has 0 aliphatic heterocycles. The Bertz CT molecular complexity index is 559. The predicted molar refractivity (Wildman–Crippen MR) is 77.6 cm³/mol. The molecule has 4 N–H and O–H groups in total. The van der Waals surface area contributed by atoms with Gasteiger partial charge in [0.25, 0.3) is 0 Å². The van der Waals surface area contributed by atoms with E-state index in [-0.39, 0.29) is 23.6 Å². The van der Waals surface area contributed by atoms with Gasteiger partial charge in [0, 0.05) is 18.7 Å². The summed E-state index contributed by atoms with van der Waals surface area (Å²) in [5.41, 5.74) is 0.889. The fraction of sp³-hybridized carbons (Fsp3) is 0.571. The van der Waals surface area contributed by atoms with Crippen molar-refractivity contribution < 1.29 is 13.5 Å². The third-order valence-corrected chi connectivity index (χ3v) is 4.96. The molecule has 1 aromatic rings. The van der Waals surface area contributed by atoms with Crippen LogP contribution in [0.5, 0.6) is 0 Å². The average Bonchev–Trinajstić information content (AvgIpc) is 2.85. The maximum absolute atomic E-state index is 11.4. The predicted octanol–water partition coefficient (Wildman–Crippen LogP) is 1.15. The normalized spacial score (nSPS) is 24.8. The molecule has 5 nitrogen and oxygen atoms in total. The van der Waals surface area contributed by atoms with Crippen molar-refractivity contribution in [2.75, 3.05) is 6.61 Å². The second-order valence-electron chi connectivity index (χ2n) is 5.49. The second-order valence-corrected chi connectivity index (χ2v) is 7.05. The molecule has 1 aliphatic carbocycles. The van der Waals surface area contributed by atoms with Crippen LogP contribution in [0.2, 0.25) is 0 Å². The van der Waals surface area contributed by atoms with E-state index in [2.05, 4.69) is 5.32 Å². The van der Waals surface area contributed by atoms with Crippen LogP contribution in [-0.4, -0.2) is 26.2 Å². The van der Waals surface area contributed by atoms with Crippen LogP contribution in [0.25, 0.3) is 0 Å². The molecule has 0 saturated heterocycles. The zero-order valence-electron chi connectivity index (χ0n) is 11.6. The van der Waals surface area contributed by atoms with Crippen LogP contribution >= 0.6 is 0 Å². The lowest BCUT2D eigenvalue weighted by Gasteiger charge is -2.24. The molecule has 1 saturated carbocycles. The Labute approximate surface area is 120 Å². The third-order valence-electron chi connectivity index (χ3n) is 4.04. The van der Waals surface area contributed by atoms with Crippen molar-refractivity contribution in [2.45, 2.75) is 43.2 Å². The summed E-state index contributed by atoms with van der Waals surface area (Å²) in [6, 6.07) is 7.00. The fourth-order valence-corrected chi connectivity index (χ4v) is 3.42. The smallest absolute Gasteiger partial charge is 0.238 e. The molecule has 3 unspecified atom stereocenters. The molecule has 112 valence electrons. The van der Waals surface area contributed by atoms with E-state index in [1.165, 1.54) is 6.07 Å². The third kappa shape index (κ3) is 3.58. The second kappa shape index (κ2) is 6.22. The van der Waals surface area contributed by atoms with Gasteiger partial charge in [-0.3, -0.25) is 0 Å². The van der Waals surface area contributed by atoms with Gasteiger partial charge in [-0.2, -0.15) is 0 Å². The molecule has 0 radical (unpaired) electrons. The highest BCUT2D eigenvalue weighted by molar-refractivity contribution is 7.89. The molecule has 1 aliphatic rings. The molecule has 1 aromatic carbocycles. The van der Waals surface area contributed by atoms with Crippen molar-refractivity contribution in [2.24, 2.45) is 11.1 Å². The lowest BCUT2D eigenvalue weighted by molar-refractivity contribution is 0.200. The van der Waals surface area contributed by atoms with E-state index >= 15 is 0 Å². The number of nitrogens with two attached hydrogens (primary N) is 1. The molecule has 0 aromatic heterocycles. The highest BCUT2D eigenvalue weighted by Gasteiger charge is 2.27. The average molecular weight is 298 g/mol. The van der Waals surface area contributed by atoms with E-state index < -0.39 is 10.0 Å². The van der Waals surface area contributed by atoms with Crippen molar-refractivity contribution in [3.63, 3.8) is 0 Å². The molecule has 0 amide bonds. The standard InChI is InChI=1S/C14H22N2O3S/c1-10(16-14-7-3-5-12(14)9-17)11-4-2-6-13(8-11)20(15,18)19/h2,4,6,8,10,12,14,16-17H,3,5,7,9H2,1H3,(H2,15,18,19). The first-order valence-electron chi connectivity index (χ1n) is 6.91. The lowest BCUT2D eigenvalue weighted by atomic mass is 10.0. The van der Waals surface area contributed by atoms with E-state index in [0.717, 1.165) is 24.8 Å². The van der Waals surface area contributed by atoms with Crippen LogP contribution in [0.4, 0.5) is 0 Å². The minimum atomic E-state index is -3.67. The summed E-state index contributed by atoms with van der Waals surface area (Å²) >= 11 is 0. The molecule has 2 rings (SSSR count). The molecule has 0 spiro atoms. The van der Waals surface area contributed by atoms with Gasteiger partial charge in [-0.15, -0.1) is 0 Å². The van der Waals surface area contributed by atoms with Gasteiger partial charge in [0.05, 0.1) is 4.90 Å². The molecular formula is C14H22N2O3S. The van der Waals surface area contributed by atoms with Gasteiger partial charge in [-0.25, -0.2) is 13.6 Å². The molecular weight excluding hydrogens is 276 g/mol. The summed E-state index contributed by atoms with van der Waals surface area (Å²) in [4.78, 5) is 0.133. The van der Waals surface area contributed by atoms with Crippen molar-refractivity contribution in [3.05, 3.63) is 29.8 Å². The number of nitrogens with one attached hydrogen (secondary N) is 1. The molecule has 0 heterocycles. The monoisotopic (exact) mass is 298 g/mol. The van der Waals surface area contributed by atoms with Crippen LogP contribution < -0.4 is 10.5 Å². The quantitative estimate of drug-likeness (QED) is 0.760. The molecule has 6 heteroatoms. The number of aliphatic hydroxyl groups excluding tert-OH is 1. The fourth-order valence-electron chi connectivity index (χ4n) is 2.85. The number of hydrogen-bond acceptors (Lipinski definition) is 4. The van der Waals surface area contributed by atoms with Crippen molar-refractivity contribution in [1.82, 2.24) is 5.32 Å². The van der Waals surface area contributed by atoms with E-state index in [1.54, 1.807) is 12.1 Å². The number of benzene rings is 1. The molecule has 0 bridgehead atoms. The van der Waals surface area contributed by atoms with Gasteiger partial charge in [0.15, 0.2) is 0 Å². The van der Waals surface area contributed by atoms with Crippen molar-refractivity contribution >= 4 is 10.0 Å². The Morgan fingerprint density at radius 2 is 2.20 bits per heavy atom. The number of rotatable bonds is 5. The summed E-state index contributed by atoms with van der Waals surface area (Å²) in [6.07, 6.45) is 3.20. The van der Waals surface area contributed by atoms with Crippen LogP contribution in [-0.2, 0) is 10.0 Å². The summed E-state index contributed by atoms with van der Waals surface area (Å²) in [6.45, 7) is 2.19. The zero-order valence-corrected chi connectivity index (χ0v) is 12.4. The van der Waals surface area contributed by atoms with Crippen molar-refractivity contribution in [1.29, 1.82) is 0 Å². The maximum Gasteiger partial charge on any atom is 0.238 e. The molecule has 3 atom stereocenters. The van der Waals surface area contributed by atoms with Gasteiger partial charge in [-0.05, 0) is 43.4 Å². The first-order valence-corrected chi connectivity index (χ1v) is 8.46. The van der Waals surface area contributed by atoms with Gasteiger partial charge in [0.1, 0.15) is 0 Å². The summed E-state index contributed by atoms with van der Waals surface area (Å²) in [5, 5.41) is 18.0. The van der Waals surface area contributed by atoms with Crippen molar-refractivity contribution in [3.8, 4) is 0 Å². The first-order chi connectivity index (χ1) is 9.41. The maximum atomic E-state index is 11.4. The van der Waals surface area contributed by atoms with Crippen LogP contribution in [0, 0.1) is 5.92 Å². The number of hydrogen-bond donors (Lipinski definition) is 3. The molecule has 20 heavy (non-hydrogen) atoms. The minimum Gasteiger partial charge on any atom is -0.396 e. The largest absolute Gasteiger partial charge is 0.396 e. The highest BCUT2D eigenvalue weighted by Crippen LogP contribution is 2.27. The number of sulfonamides is 1. The zero-order chi connectivity index (χ0) is 14.8. The summed E-state index contributed by atoms with van der Waals surface area (Å²) in [7, 11) is -3.67.